The minimum Gasteiger partial charge on any atom is -0.490 e. The molecular weight excluding hydrogens is 411 g/mol. The summed E-state index contributed by atoms with van der Waals surface area (Å²) in [5.74, 6) is -1.37. The minimum atomic E-state index is -4.86. The lowest BCUT2D eigenvalue weighted by Crippen LogP contribution is -2.47. The number of carbonyl (C=O) groups is 1. The Kier molecular flexibility index (Phi) is 5.67. The van der Waals surface area contributed by atoms with E-state index in [0.717, 1.165) is 10.5 Å². The molecule has 1 fully saturated rings. The van der Waals surface area contributed by atoms with Crippen molar-refractivity contribution in [3.8, 4) is 5.75 Å². The molecule has 1 amide bonds. The maximum Gasteiger partial charge on any atom is 0.471 e. The lowest BCUT2D eigenvalue weighted by Gasteiger charge is -2.32. The van der Waals surface area contributed by atoms with E-state index in [4.69, 9.17) is 4.74 Å². The predicted octanol–water partition coefficient (Wildman–Crippen LogP) is 3.38. The van der Waals surface area contributed by atoms with Gasteiger partial charge in [-0.05, 0) is 23.8 Å². The van der Waals surface area contributed by atoms with Crippen LogP contribution in [0.2, 0.25) is 0 Å². The van der Waals surface area contributed by atoms with Gasteiger partial charge >= 0.3 is 12.1 Å². The van der Waals surface area contributed by atoms with E-state index in [1.807, 2.05) is 30.3 Å². The van der Waals surface area contributed by atoms with Crippen molar-refractivity contribution < 1.29 is 22.7 Å². The topological polar surface area (TPSA) is 64.4 Å². The lowest BCUT2D eigenvalue weighted by atomic mass is 10.1. The molecule has 0 spiro atoms. The molecule has 0 radical (unpaired) electrons. The predicted molar refractivity (Wildman–Crippen MR) is 108 cm³/mol. The van der Waals surface area contributed by atoms with Gasteiger partial charge in [0.05, 0.1) is 23.8 Å². The number of amides is 1. The molecule has 2 aromatic carbocycles. The molecule has 0 atom stereocenters. The molecule has 9 heteroatoms. The molecule has 0 aliphatic carbocycles. The number of halogens is 3. The van der Waals surface area contributed by atoms with Crippen LogP contribution in [-0.2, 0) is 11.3 Å². The summed E-state index contributed by atoms with van der Waals surface area (Å²) in [5.41, 5.74) is 1.30. The second-order valence-electron chi connectivity index (χ2n) is 7.45. The fourth-order valence-electron chi connectivity index (χ4n) is 3.65. The largest absolute Gasteiger partial charge is 0.490 e. The minimum absolute atomic E-state index is 0.0258. The van der Waals surface area contributed by atoms with Crippen LogP contribution in [0.3, 0.4) is 0 Å². The molecule has 1 aromatic heterocycles. The van der Waals surface area contributed by atoms with Gasteiger partial charge in [0.15, 0.2) is 0 Å². The van der Waals surface area contributed by atoms with Gasteiger partial charge in [0.25, 0.3) is 5.56 Å². The summed E-state index contributed by atoms with van der Waals surface area (Å²) in [6, 6.07) is 14.5. The third-order valence-corrected chi connectivity index (χ3v) is 5.27. The van der Waals surface area contributed by atoms with E-state index in [-0.39, 0.29) is 37.6 Å². The number of piperidine rings is 1. The Morgan fingerprint density at radius 3 is 2.48 bits per heavy atom. The first-order valence-corrected chi connectivity index (χ1v) is 9.87. The number of ether oxygens (including phenoxy) is 1. The number of hydrogen-bond donors (Lipinski definition) is 0. The molecule has 31 heavy (non-hydrogen) atoms. The highest BCUT2D eigenvalue weighted by Gasteiger charge is 2.43. The summed E-state index contributed by atoms with van der Waals surface area (Å²) in [6.45, 7) is 0.337. The van der Waals surface area contributed by atoms with Gasteiger partial charge in [-0.2, -0.15) is 13.2 Å². The Labute approximate surface area is 175 Å². The van der Waals surface area contributed by atoms with Crippen LogP contribution in [0.5, 0.6) is 5.75 Å². The van der Waals surface area contributed by atoms with Crippen molar-refractivity contribution in [1.29, 1.82) is 0 Å². The highest BCUT2D eigenvalue weighted by Crippen LogP contribution is 2.25. The van der Waals surface area contributed by atoms with Crippen molar-refractivity contribution in [2.45, 2.75) is 31.7 Å². The molecule has 0 saturated carbocycles. The number of benzene rings is 2. The second kappa shape index (κ2) is 8.41. The number of likely N-dealkylation sites (tertiary alicyclic amines) is 1. The first-order chi connectivity index (χ1) is 14.8. The normalized spacial score (nSPS) is 15.3. The van der Waals surface area contributed by atoms with E-state index in [9.17, 15) is 22.8 Å². The fourth-order valence-corrected chi connectivity index (χ4v) is 3.65. The van der Waals surface area contributed by atoms with E-state index >= 15 is 0 Å². The molecule has 4 rings (SSSR count). The van der Waals surface area contributed by atoms with Crippen LogP contribution >= 0.6 is 0 Å². The molecule has 0 bridgehead atoms. The maximum atomic E-state index is 12.9. The molecule has 2 heterocycles. The number of alkyl halides is 3. The van der Waals surface area contributed by atoms with Gasteiger partial charge in [-0.3, -0.25) is 14.2 Å². The van der Waals surface area contributed by atoms with Gasteiger partial charge in [-0.25, -0.2) is 4.98 Å². The van der Waals surface area contributed by atoms with Crippen molar-refractivity contribution in [1.82, 2.24) is 14.5 Å². The van der Waals surface area contributed by atoms with Gasteiger partial charge in [0.2, 0.25) is 0 Å². The summed E-state index contributed by atoms with van der Waals surface area (Å²) in [5, 5.41) is 0.403. The van der Waals surface area contributed by atoms with E-state index in [1.54, 1.807) is 18.2 Å². The van der Waals surface area contributed by atoms with Gasteiger partial charge in [-0.15, -0.1) is 0 Å². The molecule has 1 saturated heterocycles. The smallest absolute Gasteiger partial charge is 0.471 e. The van der Waals surface area contributed by atoms with Crippen LogP contribution in [0.4, 0.5) is 13.2 Å². The number of aromatic nitrogens is 2. The molecule has 1 aliphatic rings. The summed E-state index contributed by atoms with van der Waals surface area (Å²) in [4.78, 5) is 29.4. The van der Waals surface area contributed by atoms with Crippen LogP contribution in [0, 0.1) is 0 Å². The highest BCUT2D eigenvalue weighted by molar-refractivity contribution is 5.82. The standard InChI is InChI=1S/C22H20F3N3O3/c23-22(24,25)21(30)27-10-8-16(9-11-27)31-17-6-7-19-18(12-17)20(29)28(14-26-19)13-15-4-2-1-3-5-15/h1-7,12,14,16H,8-11,13H2. The molecule has 6 nitrogen and oxygen atoms in total. The van der Waals surface area contributed by atoms with Crippen molar-refractivity contribution in [3.05, 3.63) is 70.8 Å². The van der Waals surface area contributed by atoms with Gasteiger partial charge in [-0.1, -0.05) is 30.3 Å². The third-order valence-electron chi connectivity index (χ3n) is 5.27. The average molecular weight is 431 g/mol. The van der Waals surface area contributed by atoms with Gasteiger partial charge < -0.3 is 9.64 Å². The monoisotopic (exact) mass is 431 g/mol. The van der Waals surface area contributed by atoms with Gasteiger partial charge in [0, 0.05) is 25.9 Å². The highest BCUT2D eigenvalue weighted by atomic mass is 19.4. The van der Waals surface area contributed by atoms with Crippen LogP contribution in [0.1, 0.15) is 18.4 Å². The Morgan fingerprint density at radius 2 is 1.81 bits per heavy atom. The van der Waals surface area contributed by atoms with Crippen LogP contribution < -0.4 is 10.3 Å². The molecule has 3 aromatic rings. The number of nitrogens with zero attached hydrogens (tertiary/aromatic N) is 3. The number of hydrogen-bond acceptors (Lipinski definition) is 4. The number of carbonyl (C=O) groups excluding carboxylic acids is 1. The summed E-state index contributed by atoms with van der Waals surface area (Å²) >= 11 is 0. The molecule has 1 aliphatic heterocycles. The quantitative estimate of drug-likeness (QED) is 0.636. The number of rotatable bonds is 4. The van der Waals surface area contributed by atoms with E-state index in [0.29, 0.717) is 23.2 Å². The summed E-state index contributed by atoms with van der Waals surface area (Å²) in [7, 11) is 0. The summed E-state index contributed by atoms with van der Waals surface area (Å²) < 4.78 is 45.1. The van der Waals surface area contributed by atoms with Crippen molar-refractivity contribution >= 4 is 16.8 Å². The van der Waals surface area contributed by atoms with Crippen LogP contribution in [-0.4, -0.2) is 45.7 Å². The molecule has 162 valence electrons. The molecular formula is C22H20F3N3O3. The molecule has 0 N–H and O–H groups in total. The first-order valence-electron chi connectivity index (χ1n) is 9.87. The first kappa shape index (κ1) is 20.9. The Bertz CT molecular complexity index is 1140. The molecule has 0 unspecified atom stereocenters. The maximum absolute atomic E-state index is 12.9. The Balaban J connectivity index is 1.47. The fraction of sp³-hybridized carbons (Fsp3) is 0.318. The van der Waals surface area contributed by atoms with Crippen LogP contribution in [0.25, 0.3) is 10.9 Å². The third kappa shape index (κ3) is 4.70. The number of fused-ring (bicyclic) bond motifs is 1. The van der Waals surface area contributed by atoms with E-state index in [2.05, 4.69) is 4.98 Å². The Morgan fingerprint density at radius 1 is 1.10 bits per heavy atom. The van der Waals surface area contributed by atoms with Crippen molar-refractivity contribution in [2.75, 3.05) is 13.1 Å². The SMILES string of the molecule is O=C(N1CCC(Oc2ccc3ncn(Cc4ccccc4)c(=O)c3c2)CC1)C(F)(F)F. The van der Waals surface area contributed by atoms with Crippen LogP contribution in [0.15, 0.2) is 59.7 Å². The second-order valence-corrected chi connectivity index (χ2v) is 7.45. The Hall–Kier alpha value is -3.36. The van der Waals surface area contributed by atoms with Crippen molar-refractivity contribution in [3.63, 3.8) is 0 Å². The van der Waals surface area contributed by atoms with E-state index in [1.165, 1.54) is 10.9 Å². The lowest BCUT2D eigenvalue weighted by molar-refractivity contribution is -0.187. The zero-order valence-electron chi connectivity index (χ0n) is 16.5. The van der Waals surface area contributed by atoms with E-state index < -0.39 is 12.1 Å². The average Bonchev–Trinajstić information content (AvgIpc) is 2.76. The zero-order valence-corrected chi connectivity index (χ0v) is 16.5. The zero-order chi connectivity index (χ0) is 22.0. The summed E-state index contributed by atoms with van der Waals surface area (Å²) in [6.07, 6.45) is -3.13. The van der Waals surface area contributed by atoms with Gasteiger partial charge in [0.1, 0.15) is 11.9 Å². The van der Waals surface area contributed by atoms with Crippen molar-refractivity contribution in [2.24, 2.45) is 0 Å².